The van der Waals surface area contributed by atoms with Crippen molar-refractivity contribution >= 4 is 41.4 Å². The zero-order valence-corrected chi connectivity index (χ0v) is 21.5. The van der Waals surface area contributed by atoms with E-state index in [-0.39, 0.29) is 36.7 Å². The number of nitrogens with two attached hydrogens (primary N) is 2. The number of carboxylic acid groups (broad SMARTS) is 3. The van der Waals surface area contributed by atoms with Gasteiger partial charge in [-0.15, -0.1) is 0 Å². The molecule has 1 aliphatic rings. The molecule has 42 heavy (non-hydrogen) atoms. The quantitative estimate of drug-likeness (QED) is 0.109. The van der Waals surface area contributed by atoms with Crippen molar-refractivity contribution < 1.29 is 61.9 Å². The molecule has 8 N–H and O–H groups in total. The van der Waals surface area contributed by atoms with Gasteiger partial charge in [0.2, 0.25) is 5.91 Å². The first-order chi connectivity index (χ1) is 19.6. The average Bonchev–Trinajstić information content (AvgIpc) is 2.93. The van der Waals surface area contributed by atoms with Crippen LogP contribution < -0.4 is 26.3 Å². The maximum atomic E-state index is 12.7. The Kier molecular flexibility index (Phi) is 11.2. The monoisotopic (exact) mass is 598 g/mol. The van der Waals surface area contributed by atoms with Crippen LogP contribution in [0.1, 0.15) is 34.3 Å². The molecule has 2 aromatic rings. The van der Waals surface area contributed by atoms with E-state index in [1.807, 2.05) is 0 Å². The summed E-state index contributed by atoms with van der Waals surface area (Å²) in [6, 6.07) is 8.16. The van der Waals surface area contributed by atoms with Gasteiger partial charge in [-0.1, -0.05) is 12.1 Å². The molecule has 1 unspecified atom stereocenters. The molecule has 0 aliphatic carbocycles. The van der Waals surface area contributed by atoms with Crippen LogP contribution in [0.15, 0.2) is 41.4 Å². The SMILES string of the molecule is NC(N)=Nc1ccc2c(c1)OCCc1cc(CCC(=O)NC(CC(=O)O)C(=O)O)ccc1OC2=O.O=C(O)C(F)(F)F. The maximum absolute atomic E-state index is 12.7. The third kappa shape index (κ3) is 10.3. The molecular weight excluding hydrogens is 573 g/mol. The van der Waals surface area contributed by atoms with Gasteiger partial charge in [-0.05, 0) is 35.7 Å². The Bertz CT molecular complexity index is 1390. The lowest BCUT2D eigenvalue weighted by atomic mass is 10.0. The number of aryl methyl sites for hydroxylation is 1. The Balaban J connectivity index is 0.000000782. The zero-order chi connectivity index (χ0) is 31.6. The molecule has 226 valence electrons. The highest BCUT2D eigenvalue weighted by atomic mass is 19.4. The number of carbonyl (C=O) groups excluding carboxylic acids is 2. The minimum Gasteiger partial charge on any atom is -0.492 e. The van der Waals surface area contributed by atoms with Crippen LogP contribution in [0, 0.1) is 0 Å². The molecule has 0 saturated carbocycles. The van der Waals surface area contributed by atoms with Gasteiger partial charge in [0.05, 0.1) is 18.7 Å². The number of aliphatic imine (C=N–C) groups is 1. The molecule has 0 bridgehead atoms. The smallest absolute Gasteiger partial charge is 0.490 e. The number of carbonyl (C=O) groups is 5. The van der Waals surface area contributed by atoms with Gasteiger partial charge < -0.3 is 41.6 Å². The number of alkyl halides is 3. The average molecular weight is 598 g/mol. The summed E-state index contributed by atoms with van der Waals surface area (Å²) in [5.41, 5.74) is 12.9. The van der Waals surface area contributed by atoms with Gasteiger partial charge >= 0.3 is 30.1 Å². The third-order valence-electron chi connectivity index (χ3n) is 5.30. The van der Waals surface area contributed by atoms with Gasteiger partial charge in [-0.3, -0.25) is 9.59 Å². The Labute approximate surface area is 234 Å². The van der Waals surface area contributed by atoms with Crippen LogP contribution in [-0.2, 0) is 32.0 Å². The summed E-state index contributed by atoms with van der Waals surface area (Å²) in [5.74, 6) is -6.24. The Morgan fingerprint density at radius 2 is 1.69 bits per heavy atom. The number of nitrogens with zero attached hydrogens (tertiary/aromatic N) is 1. The number of guanidine groups is 1. The molecule has 0 saturated heterocycles. The summed E-state index contributed by atoms with van der Waals surface area (Å²) in [5, 5.41) is 27.2. The lowest BCUT2D eigenvalue weighted by molar-refractivity contribution is -0.192. The summed E-state index contributed by atoms with van der Waals surface area (Å²) in [7, 11) is 0. The summed E-state index contributed by atoms with van der Waals surface area (Å²) < 4.78 is 43.1. The fourth-order valence-electron chi connectivity index (χ4n) is 3.43. The van der Waals surface area contributed by atoms with Crippen molar-refractivity contribution in [1.29, 1.82) is 0 Å². The molecular formula is C25H25F3N4O10. The highest BCUT2D eigenvalue weighted by Gasteiger charge is 2.38. The Morgan fingerprint density at radius 1 is 1.02 bits per heavy atom. The molecule has 14 nitrogen and oxygen atoms in total. The first-order valence-electron chi connectivity index (χ1n) is 11.8. The van der Waals surface area contributed by atoms with Crippen molar-refractivity contribution in [3.63, 3.8) is 0 Å². The molecule has 0 fully saturated rings. The van der Waals surface area contributed by atoms with Gasteiger partial charge in [0, 0.05) is 18.9 Å². The zero-order valence-electron chi connectivity index (χ0n) is 21.5. The van der Waals surface area contributed by atoms with E-state index in [1.54, 1.807) is 24.3 Å². The van der Waals surface area contributed by atoms with Crippen molar-refractivity contribution in [2.45, 2.75) is 37.9 Å². The molecule has 1 atom stereocenters. The minimum atomic E-state index is -5.08. The summed E-state index contributed by atoms with van der Waals surface area (Å²) >= 11 is 0. The molecule has 1 heterocycles. The molecule has 17 heteroatoms. The number of carboxylic acids is 3. The first kappa shape index (κ1) is 32.9. The number of hydrogen-bond donors (Lipinski definition) is 6. The molecule has 2 aromatic carbocycles. The Hall–Kier alpha value is -5.35. The number of nitrogens with one attached hydrogen (secondary N) is 1. The van der Waals surface area contributed by atoms with Gasteiger partial charge in [-0.25, -0.2) is 19.4 Å². The lowest BCUT2D eigenvalue weighted by Gasteiger charge is -2.13. The van der Waals surface area contributed by atoms with Crippen molar-refractivity contribution in [1.82, 2.24) is 5.32 Å². The topological polar surface area (TPSA) is 241 Å². The first-order valence-corrected chi connectivity index (χ1v) is 11.8. The van der Waals surface area contributed by atoms with Crippen LogP contribution >= 0.6 is 0 Å². The van der Waals surface area contributed by atoms with Gasteiger partial charge in [0.1, 0.15) is 23.1 Å². The van der Waals surface area contributed by atoms with E-state index in [0.717, 1.165) is 5.56 Å². The van der Waals surface area contributed by atoms with Gasteiger partial charge in [0.15, 0.2) is 5.96 Å². The van der Waals surface area contributed by atoms with E-state index < -0.39 is 48.4 Å². The number of benzene rings is 2. The van der Waals surface area contributed by atoms with Gasteiger partial charge in [-0.2, -0.15) is 13.2 Å². The number of halogens is 3. The second-order valence-corrected chi connectivity index (χ2v) is 8.51. The number of rotatable bonds is 8. The minimum absolute atomic E-state index is 0.0581. The summed E-state index contributed by atoms with van der Waals surface area (Å²) in [4.78, 5) is 59.6. The second kappa shape index (κ2) is 14.3. The predicted octanol–water partition coefficient (Wildman–Crippen LogP) is 1.36. The normalized spacial score (nSPS) is 13.0. The second-order valence-electron chi connectivity index (χ2n) is 8.51. The van der Waals surface area contributed by atoms with Gasteiger partial charge in [0.25, 0.3) is 0 Å². The predicted molar refractivity (Wildman–Crippen MR) is 136 cm³/mol. The lowest BCUT2D eigenvalue weighted by Crippen LogP contribution is -2.42. The van der Waals surface area contributed by atoms with Crippen molar-refractivity contribution in [2.75, 3.05) is 6.61 Å². The van der Waals surface area contributed by atoms with E-state index in [0.29, 0.717) is 23.4 Å². The van der Waals surface area contributed by atoms with Crippen molar-refractivity contribution in [2.24, 2.45) is 16.5 Å². The molecule has 1 aliphatic heterocycles. The maximum Gasteiger partial charge on any atom is 0.490 e. The number of fused-ring (bicyclic) bond motifs is 2. The summed E-state index contributed by atoms with van der Waals surface area (Å²) in [6.45, 7) is 0.224. The summed E-state index contributed by atoms with van der Waals surface area (Å²) in [6.07, 6.45) is -5.21. The number of ether oxygens (including phenoxy) is 2. The largest absolute Gasteiger partial charge is 0.492 e. The van der Waals surface area contributed by atoms with E-state index in [2.05, 4.69) is 10.3 Å². The van der Waals surface area contributed by atoms with E-state index in [9.17, 15) is 32.3 Å². The highest BCUT2D eigenvalue weighted by Crippen LogP contribution is 2.30. The Morgan fingerprint density at radius 3 is 2.26 bits per heavy atom. The molecule has 0 spiro atoms. The van der Waals surface area contributed by atoms with E-state index in [1.165, 1.54) is 12.1 Å². The van der Waals surface area contributed by atoms with Crippen LogP contribution in [0.2, 0.25) is 0 Å². The van der Waals surface area contributed by atoms with E-state index in [4.69, 9.17) is 41.1 Å². The number of aliphatic carboxylic acids is 3. The number of hydrogen-bond acceptors (Lipinski definition) is 8. The fourth-order valence-corrected chi connectivity index (χ4v) is 3.43. The fraction of sp³-hybridized carbons (Fsp3) is 0.280. The van der Waals surface area contributed by atoms with Crippen LogP contribution in [-0.4, -0.2) is 69.9 Å². The van der Waals surface area contributed by atoms with Crippen molar-refractivity contribution in [3.8, 4) is 11.5 Å². The molecule has 3 rings (SSSR count). The number of amides is 1. The van der Waals surface area contributed by atoms with Crippen LogP contribution in [0.4, 0.5) is 18.9 Å². The molecule has 1 amide bonds. The van der Waals surface area contributed by atoms with Crippen LogP contribution in [0.5, 0.6) is 11.5 Å². The number of esters is 1. The molecule has 0 radical (unpaired) electrons. The van der Waals surface area contributed by atoms with Crippen LogP contribution in [0.3, 0.4) is 0 Å². The van der Waals surface area contributed by atoms with Crippen LogP contribution in [0.25, 0.3) is 0 Å². The van der Waals surface area contributed by atoms with Crippen molar-refractivity contribution in [3.05, 3.63) is 53.1 Å². The highest BCUT2D eigenvalue weighted by molar-refractivity contribution is 5.95. The third-order valence-corrected chi connectivity index (χ3v) is 5.30. The van der Waals surface area contributed by atoms with E-state index >= 15 is 0 Å². The molecule has 0 aromatic heterocycles. The standard InChI is InChI=1S/C23H24N4O8.C2HF3O2/c24-23(25)26-14-3-4-15-18(10-14)34-8-7-13-9-12(1-5-17(13)35-22(15)33)2-6-19(28)27-16(21(31)32)11-20(29)30;3-2(4,5)1(6)7/h1,3-5,9-10,16H,2,6-8,11H2,(H,27,28)(H,29,30)(H,31,32)(H4,24,25,26);(H,6,7).